The van der Waals surface area contributed by atoms with Crippen LogP contribution < -0.4 is 0 Å². The molecule has 3 rings (SSSR count). The number of ketones is 1. The van der Waals surface area contributed by atoms with Crippen molar-refractivity contribution in [2.45, 2.75) is 25.2 Å². The number of carbonyl (C=O) groups is 1. The third-order valence-corrected chi connectivity index (χ3v) is 3.97. The lowest BCUT2D eigenvalue weighted by molar-refractivity contribution is 0.104. The van der Waals surface area contributed by atoms with E-state index in [4.69, 9.17) is 0 Å². The molecule has 0 N–H and O–H groups in total. The van der Waals surface area contributed by atoms with Crippen LogP contribution in [0.1, 0.15) is 46.0 Å². The number of nitrogens with zero attached hydrogens (tertiary/aromatic N) is 2. The maximum Gasteiger partial charge on any atom is 0.206 e. The number of hydrogen-bond acceptors (Lipinski definition) is 4. The Balaban J connectivity index is 1.90. The summed E-state index contributed by atoms with van der Waals surface area (Å²) in [6.07, 6.45) is 5.34. The molecule has 17 heavy (non-hydrogen) atoms. The Kier molecular flexibility index (Phi) is 2.73. The van der Waals surface area contributed by atoms with E-state index in [0.717, 1.165) is 17.1 Å². The third kappa shape index (κ3) is 2.00. The van der Waals surface area contributed by atoms with Crippen molar-refractivity contribution in [2.75, 3.05) is 0 Å². The van der Waals surface area contributed by atoms with Crippen molar-refractivity contribution in [3.63, 3.8) is 0 Å². The van der Waals surface area contributed by atoms with Gasteiger partial charge in [0, 0.05) is 5.56 Å². The number of hydrogen-bond donors (Lipinski definition) is 0. The lowest BCUT2D eigenvalue weighted by atomic mass is 9.79. The normalized spacial score (nSPS) is 15.5. The first-order valence-corrected chi connectivity index (χ1v) is 6.54. The van der Waals surface area contributed by atoms with E-state index < -0.39 is 0 Å². The summed E-state index contributed by atoms with van der Waals surface area (Å²) < 4.78 is 3.72. The zero-order valence-corrected chi connectivity index (χ0v) is 10.1. The Morgan fingerprint density at radius 1 is 1.35 bits per heavy atom. The first-order valence-electron chi connectivity index (χ1n) is 5.76. The van der Waals surface area contributed by atoms with Gasteiger partial charge in [-0.3, -0.25) is 4.79 Å². The first-order chi connectivity index (χ1) is 8.34. The second kappa shape index (κ2) is 4.37. The summed E-state index contributed by atoms with van der Waals surface area (Å²) in [6.45, 7) is 0. The summed E-state index contributed by atoms with van der Waals surface area (Å²) in [4.78, 5) is 12.7. The minimum absolute atomic E-state index is 0.0289. The van der Waals surface area contributed by atoms with Gasteiger partial charge in [-0.05, 0) is 41.9 Å². The van der Waals surface area contributed by atoms with E-state index in [1.807, 2.05) is 18.2 Å². The van der Waals surface area contributed by atoms with Crippen LogP contribution in [0.15, 0.2) is 30.5 Å². The highest BCUT2D eigenvalue weighted by Gasteiger charge is 2.20. The van der Waals surface area contributed by atoms with Crippen molar-refractivity contribution in [1.29, 1.82) is 0 Å². The zero-order valence-electron chi connectivity index (χ0n) is 9.30. The standard InChI is InChI=1S/C13H12N2OS/c16-13(12-8-14-15-17-12)11-6-2-5-10(7-11)9-3-1-4-9/h2,5-9H,1,3-4H2. The molecule has 0 saturated heterocycles. The van der Waals surface area contributed by atoms with E-state index in [1.165, 1.54) is 31.0 Å². The van der Waals surface area contributed by atoms with Crippen LogP contribution in [-0.4, -0.2) is 15.4 Å². The molecule has 0 aliphatic heterocycles. The predicted octanol–water partition coefficient (Wildman–Crippen LogP) is 3.04. The van der Waals surface area contributed by atoms with E-state index in [-0.39, 0.29) is 5.78 Å². The Hall–Kier alpha value is -1.55. The van der Waals surface area contributed by atoms with E-state index in [9.17, 15) is 4.79 Å². The van der Waals surface area contributed by atoms with Gasteiger partial charge in [0.1, 0.15) is 4.88 Å². The van der Waals surface area contributed by atoms with Gasteiger partial charge in [0.2, 0.25) is 5.78 Å². The lowest BCUT2D eigenvalue weighted by Crippen LogP contribution is -2.09. The molecule has 1 aromatic heterocycles. The Labute approximate surface area is 104 Å². The second-order valence-electron chi connectivity index (χ2n) is 4.36. The maximum atomic E-state index is 12.1. The topological polar surface area (TPSA) is 42.9 Å². The van der Waals surface area contributed by atoms with Gasteiger partial charge in [-0.25, -0.2) is 0 Å². The molecule has 1 aliphatic carbocycles. The van der Waals surface area contributed by atoms with Crippen LogP contribution in [-0.2, 0) is 0 Å². The van der Waals surface area contributed by atoms with Crippen LogP contribution in [0.25, 0.3) is 0 Å². The molecule has 0 unspecified atom stereocenters. The molecule has 86 valence electrons. The highest BCUT2D eigenvalue weighted by molar-refractivity contribution is 7.08. The van der Waals surface area contributed by atoms with Gasteiger partial charge in [0.05, 0.1) is 6.20 Å². The molecule has 3 nitrogen and oxygen atoms in total. The highest BCUT2D eigenvalue weighted by Crippen LogP contribution is 2.36. The summed E-state index contributed by atoms with van der Waals surface area (Å²) in [6, 6.07) is 7.97. The molecule has 1 aromatic carbocycles. The van der Waals surface area contributed by atoms with Crippen LogP contribution in [0.5, 0.6) is 0 Å². The van der Waals surface area contributed by atoms with Gasteiger partial charge in [0.15, 0.2) is 0 Å². The number of benzene rings is 1. The second-order valence-corrected chi connectivity index (χ2v) is 5.15. The molecule has 0 radical (unpaired) electrons. The van der Waals surface area contributed by atoms with E-state index in [2.05, 4.69) is 15.7 Å². The fraction of sp³-hybridized carbons (Fsp3) is 0.308. The molecule has 0 atom stereocenters. The van der Waals surface area contributed by atoms with Gasteiger partial charge >= 0.3 is 0 Å². The van der Waals surface area contributed by atoms with Crippen molar-refractivity contribution in [3.8, 4) is 0 Å². The van der Waals surface area contributed by atoms with Crippen molar-refractivity contribution >= 4 is 17.3 Å². The van der Waals surface area contributed by atoms with Crippen molar-refractivity contribution in [3.05, 3.63) is 46.5 Å². The molecule has 1 aliphatic rings. The lowest BCUT2D eigenvalue weighted by Gasteiger charge is -2.25. The zero-order chi connectivity index (χ0) is 11.7. The van der Waals surface area contributed by atoms with Crippen molar-refractivity contribution < 1.29 is 4.79 Å². The summed E-state index contributed by atoms with van der Waals surface area (Å²) in [5.41, 5.74) is 2.04. The molecular weight excluding hydrogens is 232 g/mol. The van der Waals surface area contributed by atoms with Crippen molar-refractivity contribution in [2.24, 2.45) is 0 Å². The highest BCUT2D eigenvalue weighted by atomic mass is 32.1. The quantitative estimate of drug-likeness (QED) is 0.779. The van der Waals surface area contributed by atoms with E-state index in [0.29, 0.717) is 10.8 Å². The van der Waals surface area contributed by atoms with Crippen LogP contribution in [0.4, 0.5) is 0 Å². The van der Waals surface area contributed by atoms with Crippen molar-refractivity contribution in [1.82, 2.24) is 9.59 Å². The van der Waals surface area contributed by atoms with Crippen LogP contribution in [0.3, 0.4) is 0 Å². The Morgan fingerprint density at radius 2 is 2.24 bits per heavy atom. The van der Waals surface area contributed by atoms with E-state index >= 15 is 0 Å². The molecule has 1 heterocycles. The summed E-state index contributed by atoms with van der Waals surface area (Å²) in [7, 11) is 0. The first kappa shape index (κ1) is 10.6. The summed E-state index contributed by atoms with van der Waals surface area (Å²) in [5, 5.41) is 3.70. The molecule has 0 amide bonds. The van der Waals surface area contributed by atoms with Crippen LogP contribution in [0.2, 0.25) is 0 Å². The maximum absolute atomic E-state index is 12.1. The van der Waals surface area contributed by atoms with Crippen LogP contribution >= 0.6 is 11.5 Å². The molecular formula is C13H12N2OS. The average molecular weight is 244 g/mol. The fourth-order valence-corrected chi connectivity index (χ4v) is 2.56. The van der Waals surface area contributed by atoms with Gasteiger partial charge in [-0.1, -0.05) is 29.1 Å². The Bertz CT molecular complexity index is 532. The van der Waals surface area contributed by atoms with Gasteiger partial charge < -0.3 is 0 Å². The monoisotopic (exact) mass is 244 g/mol. The predicted molar refractivity (Wildman–Crippen MR) is 66.4 cm³/mol. The van der Waals surface area contributed by atoms with Crippen LogP contribution in [0, 0.1) is 0 Å². The number of aromatic nitrogens is 2. The average Bonchev–Trinajstić information content (AvgIpc) is 2.79. The van der Waals surface area contributed by atoms with Gasteiger partial charge in [-0.15, -0.1) is 5.10 Å². The molecule has 1 fully saturated rings. The third-order valence-electron chi connectivity index (χ3n) is 3.31. The number of carbonyl (C=O) groups excluding carboxylic acids is 1. The minimum atomic E-state index is 0.0289. The molecule has 0 bridgehead atoms. The molecule has 2 aromatic rings. The summed E-state index contributed by atoms with van der Waals surface area (Å²) >= 11 is 1.15. The molecule has 0 spiro atoms. The SMILES string of the molecule is O=C(c1cccc(C2CCC2)c1)c1cnns1. The summed E-state index contributed by atoms with van der Waals surface area (Å²) in [5.74, 6) is 0.684. The fourth-order valence-electron chi connectivity index (χ4n) is 2.08. The Morgan fingerprint density at radius 3 is 2.88 bits per heavy atom. The smallest absolute Gasteiger partial charge is 0.206 e. The number of rotatable bonds is 3. The van der Waals surface area contributed by atoms with Gasteiger partial charge in [0.25, 0.3) is 0 Å². The van der Waals surface area contributed by atoms with Gasteiger partial charge in [-0.2, -0.15) is 0 Å². The minimum Gasteiger partial charge on any atom is -0.288 e. The largest absolute Gasteiger partial charge is 0.288 e. The van der Waals surface area contributed by atoms with E-state index in [1.54, 1.807) is 0 Å². The molecule has 1 saturated carbocycles. The molecule has 4 heteroatoms.